The predicted molar refractivity (Wildman–Crippen MR) is 126 cm³/mol. The van der Waals surface area contributed by atoms with E-state index in [1.165, 1.54) is 11.6 Å². The van der Waals surface area contributed by atoms with E-state index in [0.717, 1.165) is 43.5 Å². The minimum absolute atomic E-state index is 0.328. The van der Waals surface area contributed by atoms with Crippen molar-refractivity contribution in [2.75, 3.05) is 0 Å². The normalized spacial score (nSPS) is 14.7. The molecule has 0 saturated carbocycles. The van der Waals surface area contributed by atoms with E-state index in [-0.39, 0.29) is 0 Å². The average Bonchev–Trinajstić information content (AvgIpc) is 3.06. The summed E-state index contributed by atoms with van der Waals surface area (Å²) in [5, 5.41) is 11.8. The first-order valence-corrected chi connectivity index (χ1v) is 10.6. The zero-order valence-corrected chi connectivity index (χ0v) is 19.1. The molecule has 2 aromatic heterocycles. The molecule has 0 unspecified atom stereocenters. The topological polar surface area (TPSA) is 77.1 Å². The van der Waals surface area contributed by atoms with E-state index in [4.69, 9.17) is 4.98 Å². The number of fused-ring (bicyclic) bond motifs is 4. The molecule has 2 aromatic carbocycles. The van der Waals surface area contributed by atoms with Crippen LogP contribution < -0.4 is 11.2 Å². The van der Waals surface area contributed by atoms with Gasteiger partial charge in [-0.1, -0.05) is 30.3 Å². The Labute approximate surface area is 185 Å². The van der Waals surface area contributed by atoms with Gasteiger partial charge >= 0.3 is 5.69 Å². The number of aromatic nitrogens is 3. The molecule has 0 amide bonds. The minimum Gasteiger partial charge on any atom is -0.384 e. The Kier molecular flexibility index (Phi) is 4.30. The largest absolute Gasteiger partial charge is 0.384 e. The molecule has 0 bridgehead atoms. The van der Waals surface area contributed by atoms with Gasteiger partial charge in [0.25, 0.3) is 5.56 Å². The molecule has 2 heterocycles. The van der Waals surface area contributed by atoms with Gasteiger partial charge in [0, 0.05) is 30.8 Å². The number of hydrogen-bond acceptors (Lipinski definition) is 4. The molecule has 6 nitrogen and oxygen atoms in total. The van der Waals surface area contributed by atoms with Crippen LogP contribution in [0.2, 0.25) is 0 Å². The van der Waals surface area contributed by atoms with Crippen LogP contribution in [0.3, 0.4) is 0 Å². The first-order chi connectivity index (χ1) is 15.1. The summed E-state index contributed by atoms with van der Waals surface area (Å²) in [4.78, 5) is 31.0. The van der Waals surface area contributed by atoms with E-state index in [0.29, 0.717) is 27.9 Å². The lowest BCUT2D eigenvalue weighted by molar-refractivity contribution is 0.225. The van der Waals surface area contributed by atoms with E-state index in [1.807, 2.05) is 52.0 Å². The molecule has 32 heavy (non-hydrogen) atoms. The summed E-state index contributed by atoms with van der Waals surface area (Å²) in [6.45, 7) is 8.18. The highest BCUT2D eigenvalue weighted by Crippen LogP contribution is 2.49. The van der Waals surface area contributed by atoms with Crippen LogP contribution in [-0.4, -0.2) is 19.2 Å². The molecule has 0 aliphatic heterocycles. The lowest BCUT2D eigenvalue weighted by Crippen LogP contribution is -2.37. The first-order valence-electron chi connectivity index (χ1n) is 10.6. The Morgan fingerprint density at radius 3 is 2.19 bits per heavy atom. The van der Waals surface area contributed by atoms with Gasteiger partial charge in [-0.2, -0.15) is 0 Å². The number of aliphatic hydroxyl groups excluding tert-OH is 1. The number of aryl methyl sites for hydroxylation is 3. The molecule has 0 saturated heterocycles. The van der Waals surface area contributed by atoms with Crippen molar-refractivity contribution >= 4 is 11.0 Å². The molecule has 0 fully saturated rings. The van der Waals surface area contributed by atoms with Gasteiger partial charge in [-0.15, -0.1) is 0 Å². The second-order valence-electron chi connectivity index (χ2n) is 8.78. The van der Waals surface area contributed by atoms with Gasteiger partial charge in [0.05, 0.1) is 11.1 Å². The van der Waals surface area contributed by atoms with Crippen molar-refractivity contribution in [2.24, 2.45) is 14.1 Å². The molecule has 1 atom stereocenters. The molecular formula is C26H25N3O3. The van der Waals surface area contributed by atoms with Gasteiger partial charge < -0.3 is 5.11 Å². The first kappa shape index (κ1) is 20.4. The number of nitrogens with zero attached hydrogens (tertiary/aromatic N) is 3. The monoisotopic (exact) mass is 427 g/mol. The molecule has 1 N–H and O–H groups in total. The Hall–Kier alpha value is -3.51. The molecule has 0 radical (unpaired) electrons. The molecule has 0 spiro atoms. The fraction of sp³-hybridized carbons (Fsp3) is 0.269. The van der Waals surface area contributed by atoms with Crippen LogP contribution in [0.15, 0.2) is 39.9 Å². The van der Waals surface area contributed by atoms with Crippen LogP contribution in [0.25, 0.3) is 33.4 Å². The van der Waals surface area contributed by atoms with E-state index in [9.17, 15) is 14.7 Å². The van der Waals surface area contributed by atoms with Crippen molar-refractivity contribution in [1.29, 1.82) is 0 Å². The standard InChI is InChI=1S/C26H25N3O3/c1-12-11-13(2)15(4)18(14(12)3)19-20-22(16-9-7-8-10-17(16)23(20)30)27-24-21(19)25(31)29(6)26(32)28(24)5/h7-11,23,30H,1-6H3/t23-/m0/s1. The number of rotatable bonds is 1. The Morgan fingerprint density at radius 2 is 1.53 bits per heavy atom. The molecule has 6 heteroatoms. The summed E-state index contributed by atoms with van der Waals surface area (Å²) in [5.41, 5.74) is 8.22. The third-order valence-electron chi connectivity index (χ3n) is 7.03. The molecule has 1 aliphatic rings. The quantitative estimate of drug-likeness (QED) is 0.504. The maximum Gasteiger partial charge on any atom is 0.332 e. The molecular weight excluding hydrogens is 402 g/mol. The second kappa shape index (κ2) is 6.74. The fourth-order valence-corrected chi connectivity index (χ4v) is 5.03. The van der Waals surface area contributed by atoms with Crippen LogP contribution >= 0.6 is 0 Å². The third kappa shape index (κ3) is 2.47. The van der Waals surface area contributed by atoms with Gasteiger partial charge in [0.1, 0.15) is 6.10 Å². The van der Waals surface area contributed by atoms with Crippen LogP contribution in [0.1, 0.15) is 39.5 Å². The van der Waals surface area contributed by atoms with Crippen molar-refractivity contribution in [3.8, 4) is 22.4 Å². The maximum atomic E-state index is 13.5. The molecule has 5 rings (SSSR count). The highest BCUT2D eigenvalue weighted by atomic mass is 16.3. The summed E-state index contributed by atoms with van der Waals surface area (Å²) >= 11 is 0. The van der Waals surface area contributed by atoms with Crippen LogP contribution in [0.4, 0.5) is 0 Å². The fourth-order valence-electron chi connectivity index (χ4n) is 5.03. The van der Waals surface area contributed by atoms with Crippen LogP contribution in [-0.2, 0) is 14.1 Å². The highest BCUT2D eigenvalue weighted by molar-refractivity contribution is 6.01. The van der Waals surface area contributed by atoms with Crippen LogP contribution in [0, 0.1) is 27.7 Å². The smallest absolute Gasteiger partial charge is 0.332 e. The van der Waals surface area contributed by atoms with Gasteiger partial charge in [-0.05, 0) is 61.1 Å². The highest BCUT2D eigenvalue weighted by Gasteiger charge is 2.35. The summed E-state index contributed by atoms with van der Waals surface area (Å²) < 4.78 is 2.53. The number of aliphatic hydroxyl groups is 1. The third-order valence-corrected chi connectivity index (χ3v) is 7.03. The van der Waals surface area contributed by atoms with E-state index in [2.05, 4.69) is 6.07 Å². The summed E-state index contributed by atoms with van der Waals surface area (Å²) in [7, 11) is 3.11. The molecule has 4 aromatic rings. The van der Waals surface area contributed by atoms with E-state index < -0.39 is 17.4 Å². The summed E-state index contributed by atoms with van der Waals surface area (Å²) in [5.74, 6) is 0. The van der Waals surface area contributed by atoms with Crippen molar-refractivity contribution in [3.63, 3.8) is 0 Å². The minimum atomic E-state index is -0.908. The maximum absolute atomic E-state index is 13.5. The van der Waals surface area contributed by atoms with Crippen molar-refractivity contribution in [3.05, 3.63) is 84.6 Å². The Balaban J connectivity index is 2.13. The average molecular weight is 428 g/mol. The van der Waals surface area contributed by atoms with Gasteiger partial charge in [-0.25, -0.2) is 9.78 Å². The van der Waals surface area contributed by atoms with Gasteiger partial charge in [0.2, 0.25) is 0 Å². The number of pyridine rings is 1. The summed E-state index contributed by atoms with van der Waals surface area (Å²) in [6.07, 6.45) is -0.908. The van der Waals surface area contributed by atoms with Crippen molar-refractivity contribution in [2.45, 2.75) is 33.8 Å². The lowest BCUT2D eigenvalue weighted by Gasteiger charge is -2.22. The van der Waals surface area contributed by atoms with E-state index in [1.54, 1.807) is 7.05 Å². The Bertz CT molecular complexity index is 1570. The zero-order valence-electron chi connectivity index (χ0n) is 19.1. The van der Waals surface area contributed by atoms with Crippen molar-refractivity contribution in [1.82, 2.24) is 14.1 Å². The summed E-state index contributed by atoms with van der Waals surface area (Å²) in [6, 6.07) is 9.73. The van der Waals surface area contributed by atoms with Crippen molar-refractivity contribution < 1.29 is 5.11 Å². The van der Waals surface area contributed by atoms with Gasteiger partial charge in [-0.3, -0.25) is 13.9 Å². The van der Waals surface area contributed by atoms with E-state index >= 15 is 0 Å². The lowest BCUT2D eigenvalue weighted by atomic mass is 9.85. The van der Waals surface area contributed by atoms with Gasteiger partial charge in [0.15, 0.2) is 5.65 Å². The number of benzene rings is 2. The predicted octanol–water partition coefficient (Wildman–Crippen LogP) is 3.59. The molecule has 162 valence electrons. The molecule has 1 aliphatic carbocycles. The Morgan fingerprint density at radius 1 is 0.906 bits per heavy atom. The van der Waals surface area contributed by atoms with Crippen LogP contribution in [0.5, 0.6) is 0 Å². The number of hydrogen-bond donors (Lipinski definition) is 1. The second-order valence-corrected chi connectivity index (χ2v) is 8.78. The SMILES string of the molecule is Cc1cc(C)c(C)c(-c2c3c(nc4c2c(=O)n(C)c(=O)n4C)-c2ccccc2[C@@H]3O)c1C. The zero-order chi connectivity index (χ0) is 23.1.